The quantitative estimate of drug-likeness (QED) is 0.869. The van der Waals surface area contributed by atoms with Crippen molar-refractivity contribution in [2.24, 2.45) is 0 Å². The Balaban J connectivity index is 2.22. The molecule has 0 fully saturated rings. The van der Waals surface area contributed by atoms with Gasteiger partial charge in [0.25, 0.3) is 5.56 Å². The van der Waals surface area contributed by atoms with Crippen molar-refractivity contribution in [2.75, 3.05) is 6.61 Å². The maximum absolute atomic E-state index is 14.0. The lowest BCUT2D eigenvalue weighted by molar-refractivity contribution is 0.305. The van der Waals surface area contributed by atoms with Crippen molar-refractivity contribution in [3.63, 3.8) is 0 Å². The number of hydrogen-bond donors (Lipinski definition) is 1. The molecule has 0 aliphatic heterocycles. The summed E-state index contributed by atoms with van der Waals surface area (Å²) in [5.41, 5.74) is 1.36. The van der Waals surface area contributed by atoms with Crippen molar-refractivity contribution in [3.05, 3.63) is 63.6 Å². The summed E-state index contributed by atoms with van der Waals surface area (Å²) in [6.45, 7) is 1.84. The summed E-state index contributed by atoms with van der Waals surface area (Å²) in [5, 5.41) is 8.64. The molecule has 1 aromatic carbocycles. The second-order valence-electron chi connectivity index (χ2n) is 4.58. The molecule has 1 N–H and O–H groups in total. The number of hydrogen-bond acceptors (Lipinski definition) is 3. The van der Waals surface area contributed by atoms with E-state index in [1.807, 2.05) is 0 Å². The van der Waals surface area contributed by atoms with Crippen LogP contribution in [-0.2, 0) is 6.54 Å². The Hall–Kier alpha value is -2.45. The maximum Gasteiger partial charge on any atom is 0.253 e. The van der Waals surface area contributed by atoms with E-state index >= 15 is 0 Å². The molecule has 108 valence electrons. The Morgan fingerprint density at radius 3 is 2.86 bits per heavy atom. The number of aryl methyl sites for hydroxylation is 1. The van der Waals surface area contributed by atoms with E-state index in [-0.39, 0.29) is 18.7 Å². The number of benzene rings is 1. The topological polar surface area (TPSA) is 55.1 Å². The van der Waals surface area contributed by atoms with Crippen molar-refractivity contribution < 1.29 is 9.50 Å². The van der Waals surface area contributed by atoms with Gasteiger partial charge in [-0.25, -0.2) is 9.37 Å². The number of aromatic nitrogens is 2. The van der Waals surface area contributed by atoms with E-state index in [2.05, 4.69) is 16.8 Å². The minimum absolute atomic E-state index is 0.0170. The van der Waals surface area contributed by atoms with Crippen LogP contribution in [0.25, 0.3) is 0 Å². The third-order valence-corrected chi connectivity index (χ3v) is 2.88. The fourth-order valence-electron chi connectivity index (χ4n) is 1.79. The van der Waals surface area contributed by atoms with Gasteiger partial charge in [-0.1, -0.05) is 17.9 Å². The lowest BCUT2D eigenvalue weighted by Crippen LogP contribution is -2.21. The number of rotatable bonds is 3. The molecule has 2 aromatic rings. The first-order chi connectivity index (χ1) is 10.1. The average molecular weight is 286 g/mol. The van der Waals surface area contributed by atoms with Gasteiger partial charge in [-0.3, -0.25) is 9.36 Å². The molecule has 0 aliphatic carbocycles. The fourth-order valence-corrected chi connectivity index (χ4v) is 1.79. The molecule has 5 heteroatoms. The molecular formula is C16H15FN2O2. The van der Waals surface area contributed by atoms with Gasteiger partial charge in [-0.05, 0) is 19.1 Å². The van der Waals surface area contributed by atoms with E-state index in [4.69, 9.17) is 5.11 Å². The molecule has 0 bridgehead atoms. The summed E-state index contributed by atoms with van der Waals surface area (Å²) in [4.78, 5) is 15.8. The molecule has 2 rings (SSSR count). The third kappa shape index (κ3) is 4.01. The summed E-state index contributed by atoms with van der Waals surface area (Å²) < 4.78 is 15.4. The predicted molar refractivity (Wildman–Crippen MR) is 77.3 cm³/mol. The molecule has 0 unspecified atom stereocenters. The second kappa shape index (κ2) is 6.82. The number of nitrogens with zero attached hydrogens (tertiary/aromatic N) is 2. The van der Waals surface area contributed by atoms with E-state index in [9.17, 15) is 9.18 Å². The molecule has 0 aliphatic rings. The molecule has 21 heavy (non-hydrogen) atoms. The predicted octanol–water partition coefficient (Wildman–Crippen LogP) is 1.47. The normalized spacial score (nSPS) is 10.0. The fraction of sp³-hybridized carbons (Fsp3) is 0.250. The van der Waals surface area contributed by atoms with Crippen LogP contribution in [-0.4, -0.2) is 21.3 Å². The highest BCUT2D eigenvalue weighted by molar-refractivity contribution is 5.37. The molecule has 1 aromatic heterocycles. The van der Waals surface area contributed by atoms with Crippen molar-refractivity contribution in [1.82, 2.24) is 9.55 Å². The number of aliphatic hydroxyl groups excluding tert-OH is 1. The van der Waals surface area contributed by atoms with Gasteiger partial charge in [-0.15, -0.1) is 0 Å². The smallest absolute Gasteiger partial charge is 0.253 e. The molecular weight excluding hydrogens is 271 g/mol. The largest absolute Gasteiger partial charge is 0.395 e. The Labute approximate surface area is 121 Å². The van der Waals surface area contributed by atoms with Gasteiger partial charge >= 0.3 is 0 Å². The van der Waals surface area contributed by atoms with Crippen molar-refractivity contribution >= 4 is 0 Å². The molecule has 0 saturated heterocycles. The zero-order chi connectivity index (χ0) is 15.2. The van der Waals surface area contributed by atoms with E-state index in [1.165, 1.54) is 23.0 Å². The summed E-state index contributed by atoms with van der Waals surface area (Å²) in [5.74, 6) is 5.08. The second-order valence-corrected chi connectivity index (χ2v) is 4.58. The summed E-state index contributed by atoms with van der Waals surface area (Å²) in [7, 11) is 0. The molecule has 0 saturated carbocycles. The van der Waals surface area contributed by atoms with Crippen LogP contribution >= 0.6 is 0 Å². The molecule has 1 heterocycles. The zero-order valence-corrected chi connectivity index (χ0v) is 11.6. The minimum Gasteiger partial charge on any atom is -0.395 e. The van der Waals surface area contributed by atoms with Crippen LogP contribution in [0, 0.1) is 24.6 Å². The van der Waals surface area contributed by atoms with Gasteiger partial charge < -0.3 is 5.11 Å². The van der Waals surface area contributed by atoms with Crippen LogP contribution in [0.1, 0.15) is 23.2 Å². The van der Waals surface area contributed by atoms with E-state index in [1.54, 1.807) is 19.1 Å². The first-order valence-corrected chi connectivity index (χ1v) is 6.51. The Morgan fingerprint density at radius 1 is 1.38 bits per heavy atom. The van der Waals surface area contributed by atoms with E-state index in [0.29, 0.717) is 23.2 Å². The third-order valence-electron chi connectivity index (χ3n) is 2.88. The van der Waals surface area contributed by atoms with Gasteiger partial charge in [0, 0.05) is 29.3 Å². The molecule has 0 radical (unpaired) electrons. The Bertz CT molecular complexity index is 757. The first kappa shape index (κ1) is 14.9. The highest BCUT2D eigenvalue weighted by atomic mass is 19.1. The monoisotopic (exact) mass is 286 g/mol. The molecule has 0 atom stereocenters. The lowest BCUT2D eigenvalue weighted by atomic mass is 10.1. The molecule has 4 nitrogen and oxygen atoms in total. The van der Waals surface area contributed by atoms with Crippen LogP contribution in [0.15, 0.2) is 35.4 Å². The number of aliphatic hydroxyl groups is 1. The lowest BCUT2D eigenvalue weighted by Gasteiger charge is -2.07. The summed E-state index contributed by atoms with van der Waals surface area (Å²) in [6.07, 6.45) is 1.76. The first-order valence-electron chi connectivity index (χ1n) is 6.51. The summed E-state index contributed by atoms with van der Waals surface area (Å²) >= 11 is 0. The van der Waals surface area contributed by atoms with Crippen LogP contribution < -0.4 is 5.56 Å². The van der Waals surface area contributed by atoms with Crippen LogP contribution in [0.3, 0.4) is 0 Å². The van der Waals surface area contributed by atoms with Crippen molar-refractivity contribution in [1.29, 1.82) is 0 Å². The summed E-state index contributed by atoms with van der Waals surface area (Å²) in [6, 6.07) is 6.03. The van der Waals surface area contributed by atoms with Crippen molar-refractivity contribution in [3.8, 4) is 11.8 Å². The van der Waals surface area contributed by atoms with Gasteiger partial charge in [0.15, 0.2) is 0 Å². The van der Waals surface area contributed by atoms with E-state index in [0.717, 1.165) is 0 Å². The zero-order valence-electron chi connectivity index (χ0n) is 11.6. The van der Waals surface area contributed by atoms with E-state index < -0.39 is 5.82 Å². The number of halogens is 1. The molecule has 0 spiro atoms. The van der Waals surface area contributed by atoms with Crippen molar-refractivity contribution in [2.45, 2.75) is 19.9 Å². The highest BCUT2D eigenvalue weighted by Gasteiger charge is 2.05. The van der Waals surface area contributed by atoms with Gasteiger partial charge in [-0.2, -0.15) is 0 Å². The SMILES string of the molecule is Cc1cc(=O)n(Cc2ccc(C#CCCO)cc2F)cn1. The average Bonchev–Trinajstić information content (AvgIpc) is 2.44. The maximum atomic E-state index is 14.0. The standard InChI is InChI=1S/C16H15FN2O2/c1-12-8-16(21)19(11-18-12)10-14-6-5-13(9-15(14)17)4-2-3-7-20/h5-6,8-9,11,20H,3,7,10H2,1H3. The van der Waals surface area contributed by atoms with Gasteiger partial charge in [0.1, 0.15) is 5.82 Å². The Morgan fingerprint density at radius 2 is 2.19 bits per heavy atom. The van der Waals surface area contributed by atoms with Gasteiger partial charge in [0.2, 0.25) is 0 Å². The minimum atomic E-state index is -0.418. The van der Waals surface area contributed by atoms with Crippen LogP contribution in [0.4, 0.5) is 4.39 Å². The molecule has 0 amide bonds. The Kier molecular flexibility index (Phi) is 4.85. The van der Waals surface area contributed by atoms with Crippen LogP contribution in [0.2, 0.25) is 0 Å². The highest BCUT2D eigenvalue weighted by Crippen LogP contribution is 2.11. The van der Waals surface area contributed by atoms with Gasteiger partial charge in [0.05, 0.1) is 19.5 Å². The van der Waals surface area contributed by atoms with Crippen LogP contribution in [0.5, 0.6) is 0 Å².